The molecule has 0 radical (unpaired) electrons. The lowest BCUT2D eigenvalue weighted by molar-refractivity contribution is 0.494. The summed E-state index contributed by atoms with van der Waals surface area (Å²) in [4.78, 5) is 6.09. The molecule has 0 saturated heterocycles. The molecule has 0 aromatic carbocycles. The van der Waals surface area contributed by atoms with Crippen LogP contribution in [0.3, 0.4) is 0 Å². The molecule has 1 aromatic heterocycles. The predicted molar refractivity (Wildman–Crippen MR) is 72.1 cm³/mol. The average molecular weight is 240 g/mol. The number of hydrogen-bond acceptors (Lipinski definition) is 3. The molecular weight excluding hydrogens is 216 g/mol. The van der Waals surface area contributed by atoms with Crippen LogP contribution < -0.4 is 5.73 Å². The van der Waals surface area contributed by atoms with Crippen LogP contribution in [-0.4, -0.2) is 11.5 Å². The van der Waals surface area contributed by atoms with E-state index in [2.05, 4.69) is 39.6 Å². The maximum Gasteiger partial charge on any atom is 0.0933 e. The van der Waals surface area contributed by atoms with Crippen LogP contribution in [0.15, 0.2) is 0 Å². The smallest absolute Gasteiger partial charge is 0.0933 e. The molecule has 0 aliphatic rings. The molecule has 1 heterocycles. The lowest BCUT2D eigenvalue weighted by atomic mass is 9.87. The Morgan fingerprint density at radius 2 is 2.00 bits per heavy atom. The van der Waals surface area contributed by atoms with E-state index in [-0.39, 0.29) is 5.41 Å². The minimum atomic E-state index is 0.172. The summed E-state index contributed by atoms with van der Waals surface area (Å²) in [5, 5.41) is 1.27. The fourth-order valence-electron chi connectivity index (χ4n) is 1.99. The van der Waals surface area contributed by atoms with E-state index < -0.39 is 0 Å². The van der Waals surface area contributed by atoms with Crippen molar-refractivity contribution in [3.63, 3.8) is 0 Å². The lowest BCUT2D eigenvalue weighted by Crippen LogP contribution is -2.21. The molecule has 1 aromatic rings. The Hall–Kier alpha value is -0.410. The van der Waals surface area contributed by atoms with Crippen LogP contribution >= 0.6 is 11.3 Å². The summed E-state index contributed by atoms with van der Waals surface area (Å²) in [5.74, 6) is 0.677. The minimum Gasteiger partial charge on any atom is -0.330 e. The second-order valence-electron chi connectivity index (χ2n) is 5.54. The Kier molecular flexibility index (Phi) is 4.51. The van der Waals surface area contributed by atoms with Gasteiger partial charge in [-0.3, -0.25) is 0 Å². The highest BCUT2D eigenvalue weighted by atomic mass is 32.1. The number of nitrogens with zero attached hydrogens (tertiary/aromatic N) is 1. The fourth-order valence-corrected chi connectivity index (χ4v) is 3.40. The molecule has 92 valence electrons. The van der Waals surface area contributed by atoms with E-state index in [0.29, 0.717) is 5.92 Å². The van der Waals surface area contributed by atoms with Gasteiger partial charge in [-0.05, 0) is 25.8 Å². The van der Waals surface area contributed by atoms with E-state index >= 15 is 0 Å². The number of hydrogen-bond donors (Lipinski definition) is 1. The average Bonchev–Trinajstić information content (AvgIpc) is 2.45. The van der Waals surface area contributed by atoms with Crippen molar-refractivity contribution in [1.82, 2.24) is 4.98 Å². The van der Waals surface area contributed by atoms with E-state index in [1.165, 1.54) is 15.6 Å². The van der Waals surface area contributed by atoms with Gasteiger partial charge in [-0.25, -0.2) is 4.98 Å². The highest BCUT2D eigenvalue weighted by Gasteiger charge is 2.25. The molecule has 3 heteroatoms. The summed E-state index contributed by atoms with van der Waals surface area (Å²) in [6.07, 6.45) is 2.11. The quantitative estimate of drug-likeness (QED) is 0.858. The molecule has 1 rings (SSSR count). The number of aromatic nitrogens is 1. The summed E-state index contributed by atoms with van der Waals surface area (Å²) < 4.78 is 0. The monoisotopic (exact) mass is 240 g/mol. The number of nitrogens with two attached hydrogens (primary N) is 1. The number of thiazole rings is 1. The third-order valence-electron chi connectivity index (χ3n) is 2.81. The lowest BCUT2D eigenvalue weighted by Gasteiger charge is -2.22. The molecule has 0 atom stereocenters. The minimum absolute atomic E-state index is 0.172. The van der Waals surface area contributed by atoms with Gasteiger partial charge in [0.25, 0.3) is 0 Å². The Morgan fingerprint density at radius 1 is 1.38 bits per heavy atom. The largest absolute Gasteiger partial charge is 0.330 e. The molecule has 0 aliphatic carbocycles. The van der Waals surface area contributed by atoms with Crippen molar-refractivity contribution in [2.45, 2.75) is 52.9 Å². The van der Waals surface area contributed by atoms with Gasteiger partial charge < -0.3 is 5.73 Å². The Balaban J connectivity index is 2.92. The summed E-state index contributed by atoms with van der Waals surface area (Å²) in [7, 11) is 0. The van der Waals surface area contributed by atoms with Crippen molar-refractivity contribution < 1.29 is 0 Å². The Bertz CT molecular complexity index is 340. The predicted octanol–water partition coefficient (Wildman–Crippen LogP) is 3.28. The maximum absolute atomic E-state index is 5.67. The van der Waals surface area contributed by atoms with Crippen molar-refractivity contribution in [2.75, 3.05) is 6.54 Å². The Morgan fingerprint density at radius 3 is 2.50 bits per heavy atom. The molecule has 16 heavy (non-hydrogen) atoms. The van der Waals surface area contributed by atoms with Crippen molar-refractivity contribution in [2.24, 2.45) is 11.7 Å². The van der Waals surface area contributed by atoms with Crippen molar-refractivity contribution in [1.29, 1.82) is 0 Å². The summed E-state index contributed by atoms with van der Waals surface area (Å²) in [6, 6.07) is 0. The van der Waals surface area contributed by atoms with Crippen LogP contribution in [0.5, 0.6) is 0 Å². The second-order valence-corrected chi connectivity index (χ2v) is 6.63. The number of aryl methyl sites for hydroxylation is 1. The first-order valence-corrected chi connectivity index (χ1v) is 6.85. The van der Waals surface area contributed by atoms with Gasteiger partial charge in [0.15, 0.2) is 0 Å². The molecule has 0 aliphatic heterocycles. The van der Waals surface area contributed by atoms with Crippen LogP contribution in [0.25, 0.3) is 0 Å². The fraction of sp³-hybridized carbons (Fsp3) is 0.769. The molecule has 0 fully saturated rings. The summed E-state index contributed by atoms with van der Waals surface area (Å²) in [5.41, 5.74) is 7.04. The van der Waals surface area contributed by atoms with Crippen LogP contribution in [-0.2, 0) is 11.8 Å². The van der Waals surface area contributed by atoms with E-state index in [1.807, 2.05) is 11.3 Å². The standard InChI is InChI=1S/C13H24N2S/c1-9(2)8-11-15-10(3)12(16-11)13(4,5)6-7-14/h9H,6-8,14H2,1-5H3. The van der Waals surface area contributed by atoms with Gasteiger partial charge in [0.05, 0.1) is 10.7 Å². The molecule has 0 spiro atoms. The zero-order valence-electron chi connectivity index (χ0n) is 11.1. The van der Waals surface area contributed by atoms with Crippen molar-refractivity contribution >= 4 is 11.3 Å². The maximum atomic E-state index is 5.67. The zero-order chi connectivity index (χ0) is 12.3. The van der Waals surface area contributed by atoms with Crippen molar-refractivity contribution in [3.8, 4) is 0 Å². The van der Waals surface area contributed by atoms with E-state index in [4.69, 9.17) is 5.73 Å². The number of rotatable bonds is 5. The van der Waals surface area contributed by atoms with Crippen LogP contribution in [0.1, 0.15) is 49.7 Å². The molecule has 0 amide bonds. The zero-order valence-corrected chi connectivity index (χ0v) is 11.9. The van der Waals surface area contributed by atoms with E-state index in [9.17, 15) is 0 Å². The topological polar surface area (TPSA) is 38.9 Å². The normalized spacial score (nSPS) is 12.4. The van der Waals surface area contributed by atoms with Gasteiger partial charge in [0.2, 0.25) is 0 Å². The van der Waals surface area contributed by atoms with Crippen LogP contribution in [0.4, 0.5) is 0 Å². The molecule has 0 unspecified atom stereocenters. The highest BCUT2D eigenvalue weighted by molar-refractivity contribution is 7.11. The molecule has 0 saturated carbocycles. The van der Waals surface area contributed by atoms with E-state index in [1.54, 1.807) is 0 Å². The summed E-state index contributed by atoms with van der Waals surface area (Å²) >= 11 is 1.87. The molecule has 0 bridgehead atoms. The van der Waals surface area contributed by atoms with Gasteiger partial charge in [-0.15, -0.1) is 11.3 Å². The Labute approximate surface area is 103 Å². The third-order valence-corrected chi connectivity index (χ3v) is 4.35. The van der Waals surface area contributed by atoms with Crippen LogP contribution in [0, 0.1) is 12.8 Å². The van der Waals surface area contributed by atoms with Gasteiger partial charge >= 0.3 is 0 Å². The SMILES string of the molecule is Cc1nc(CC(C)C)sc1C(C)(C)CCN. The van der Waals surface area contributed by atoms with E-state index in [0.717, 1.165) is 19.4 Å². The van der Waals surface area contributed by atoms with Gasteiger partial charge in [-0.1, -0.05) is 27.7 Å². The van der Waals surface area contributed by atoms with Gasteiger partial charge in [-0.2, -0.15) is 0 Å². The third kappa shape index (κ3) is 3.29. The molecular formula is C13H24N2S. The van der Waals surface area contributed by atoms with Crippen LogP contribution in [0.2, 0.25) is 0 Å². The van der Waals surface area contributed by atoms with Gasteiger partial charge in [0, 0.05) is 16.7 Å². The first-order chi connectivity index (χ1) is 7.36. The molecule has 2 nitrogen and oxygen atoms in total. The van der Waals surface area contributed by atoms with Crippen molar-refractivity contribution in [3.05, 3.63) is 15.6 Å². The highest BCUT2D eigenvalue weighted by Crippen LogP contribution is 2.34. The summed E-state index contributed by atoms with van der Waals surface area (Å²) in [6.45, 7) is 11.9. The van der Waals surface area contributed by atoms with Gasteiger partial charge in [0.1, 0.15) is 0 Å². The first kappa shape index (κ1) is 13.7. The second kappa shape index (κ2) is 5.28. The first-order valence-electron chi connectivity index (χ1n) is 6.03. The molecule has 2 N–H and O–H groups in total.